The van der Waals surface area contributed by atoms with Crippen LogP contribution in [0, 0.1) is 0 Å². The first-order valence-electron chi connectivity index (χ1n) is 6.62. The summed E-state index contributed by atoms with van der Waals surface area (Å²) in [7, 11) is 1.76. The maximum absolute atomic E-state index is 11.6. The highest BCUT2D eigenvalue weighted by Gasteiger charge is 2.13. The van der Waals surface area contributed by atoms with E-state index in [4.69, 9.17) is 4.74 Å². The number of nitrogens with one attached hydrogen (secondary N) is 2. The summed E-state index contributed by atoms with van der Waals surface area (Å²) in [5.41, 5.74) is 2.04. The molecule has 1 heterocycles. The lowest BCUT2D eigenvalue weighted by Gasteiger charge is -2.27. The van der Waals surface area contributed by atoms with E-state index >= 15 is 0 Å². The minimum atomic E-state index is -0.0167. The Kier molecular flexibility index (Phi) is 5.32. The van der Waals surface area contributed by atoms with Gasteiger partial charge in [-0.1, -0.05) is 18.2 Å². The number of hydrogen-bond acceptors (Lipinski definition) is 4. The fourth-order valence-corrected chi connectivity index (χ4v) is 2.14. The predicted molar refractivity (Wildman–Crippen MR) is 75.1 cm³/mol. The number of carbonyl (C=O) groups excluding carboxylic acids is 1. The molecule has 1 aliphatic rings. The third kappa shape index (κ3) is 4.31. The highest BCUT2D eigenvalue weighted by molar-refractivity contribution is 5.92. The molecule has 1 amide bonds. The van der Waals surface area contributed by atoms with Crippen LogP contribution in [0.5, 0.6) is 0 Å². The van der Waals surface area contributed by atoms with Gasteiger partial charge in [0.2, 0.25) is 5.91 Å². The zero-order valence-corrected chi connectivity index (χ0v) is 11.3. The van der Waals surface area contributed by atoms with Crippen LogP contribution >= 0.6 is 0 Å². The van der Waals surface area contributed by atoms with E-state index in [1.54, 1.807) is 7.05 Å². The molecule has 2 N–H and O–H groups in total. The fraction of sp³-hybridized carbons (Fsp3) is 0.500. The summed E-state index contributed by atoms with van der Waals surface area (Å²) < 4.78 is 5.34. The normalized spacial score (nSPS) is 16.3. The van der Waals surface area contributed by atoms with E-state index in [0.29, 0.717) is 6.54 Å². The van der Waals surface area contributed by atoms with Crippen LogP contribution in [-0.2, 0) is 16.1 Å². The molecule has 1 saturated heterocycles. The summed E-state index contributed by atoms with van der Waals surface area (Å²) in [4.78, 5) is 14.0. The van der Waals surface area contributed by atoms with E-state index in [0.717, 1.165) is 44.1 Å². The Morgan fingerprint density at radius 1 is 1.32 bits per heavy atom. The second kappa shape index (κ2) is 7.23. The molecule has 2 rings (SSSR count). The van der Waals surface area contributed by atoms with Gasteiger partial charge in [-0.3, -0.25) is 9.69 Å². The Morgan fingerprint density at radius 3 is 2.79 bits per heavy atom. The summed E-state index contributed by atoms with van der Waals surface area (Å²) in [6, 6.07) is 7.95. The Labute approximate surface area is 113 Å². The van der Waals surface area contributed by atoms with Gasteiger partial charge in [0.05, 0.1) is 19.8 Å². The van der Waals surface area contributed by atoms with Gasteiger partial charge >= 0.3 is 0 Å². The standard InChI is InChI=1S/C14H21N3O2/c1-15-10-14(18)16-13-5-3-2-4-12(13)11-17-6-8-19-9-7-17/h2-5,15H,6-11H2,1H3,(H,16,18). The highest BCUT2D eigenvalue weighted by Crippen LogP contribution is 2.17. The Balaban J connectivity index is 2.00. The number of morpholine rings is 1. The smallest absolute Gasteiger partial charge is 0.238 e. The van der Waals surface area contributed by atoms with Crippen molar-refractivity contribution in [3.63, 3.8) is 0 Å². The molecule has 19 heavy (non-hydrogen) atoms. The summed E-state index contributed by atoms with van der Waals surface area (Å²) >= 11 is 0. The molecule has 1 aromatic carbocycles. The Hall–Kier alpha value is -1.43. The molecule has 0 aromatic heterocycles. The largest absolute Gasteiger partial charge is 0.379 e. The lowest BCUT2D eigenvalue weighted by molar-refractivity contribution is -0.115. The molecule has 0 atom stereocenters. The fourth-order valence-electron chi connectivity index (χ4n) is 2.14. The molecule has 0 unspecified atom stereocenters. The number of carbonyl (C=O) groups is 1. The van der Waals surface area contributed by atoms with Crippen molar-refractivity contribution in [1.82, 2.24) is 10.2 Å². The van der Waals surface area contributed by atoms with Gasteiger partial charge in [-0.25, -0.2) is 0 Å². The second-order valence-electron chi connectivity index (χ2n) is 4.62. The summed E-state index contributed by atoms with van der Waals surface area (Å²) in [6.45, 7) is 4.63. The molecule has 0 radical (unpaired) electrons. The number of benzene rings is 1. The van der Waals surface area contributed by atoms with Crippen molar-refractivity contribution in [3.05, 3.63) is 29.8 Å². The van der Waals surface area contributed by atoms with Gasteiger partial charge in [-0.05, 0) is 18.7 Å². The third-order valence-corrected chi connectivity index (χ3v) is 3.13. The van der Waals surface area contributed by atoms with Gasteiger partial charge in [0.25, 0.3) is 0 Å². The monoisotopic (exact) mass is 263 g/mol. The second-order valence-corrected chi connectivity index (χ2v) is 4.62. The number of hydrogen-bond donors (Lipinski definition) is 2. The van der Waals surface area contributed by atoms with Crippen LogP contribution in [0.2, 0.25) is 0 Å². The zero-order chi connectivity index (χ0) is 13.5. The van der Waals surface area contributed by atoms with Crippen molar-refractivity contribution < 1.29 is 9.53 Å². The van der Waals surface area contributed by atoms with Crippen molar-refractivity contribution in [2.45, 2.75) is 6.54 Å². The molecule has 5 nitrogen and oxygen atoms in total. The summed E-state index contributed by atoms with van der Waals surface area (Å²) in [6.07, 6.45) is 0. The number of amides is 1. The van der Waals surface area contributed by atoms with Gasteiger partial charge in [0, 0.05) is 25.3 Å². The minimum absolute atomic E-state index is 0.0167. The van der Waals surface area contributed by atoms with E-state index < -0.39 is 0 Å². The lowest BCUT2D eigenvalue weighted by Crippen LogP contribution is -2.36. The molecule has 1 aliphatic heterocycles. The van der Waals surface area contributed by atoms with Crippen LogP contribution in [0.4, 0.5) is 5.69 Å². The summed E-state index contributed by atoms with van der Waals surface area (Å²) in [5, 5.41) is 5.79. The number of rotatable bonds is 5. The maximum Gasteiger partial charge on any atom is 0.238 e. The number of anilines is 1. The maximum atomic E-state index is 11.6. The molecule has 0 bridgehead atoms. The molecule has 0 spiro atoms. The first-order chi connectivity index (χ1) is 9.29. The van der Waals surface area contributed by atoms with Crippen LogP contribution in [0.3, 0.4) is 0 Å². The van der Waals surface area contributed by atoms with Crippen molar-refractivity contribution in [3.8, 4) is 0 Å². The Bertz CT molecular complexity index is 417. The van der Waals surface area contributed by atoms with Crippen LogP contribution in [0.25, 0.3) is 0 Å². The highest BCUT2D eigenvalue weighted by atomic mass is 16.5. The van der Waals surface area contributed by atoms with E-state index in [1.165, 1.54) is 0 Å². The summed E-state index contributed by atoms with van der Waals surface area (Å²) in [5.74, 6) is -0.0167. The molecular weight excluding hydrogens is 242 g/mol. The number of para-hydroxylation sites is 1. The predicted octanol–water partition coefficient (Wildman–Crippen LogP) is 0.677. The molecule has 1 aromatic rings. The van der Waals surface area contributed by atoms with E-state index in [2.05, 4.69) is 21.6 Å². The quantitative estimate of drug-likeness (QED) is 0.820. The van der Waals surface area contributed by atoms with E-state index in [1.807, 2.05) is 18.2 Å². The zero-order valence-electron chi connectivity index (χ0n) is 11.3. The molecular formula is C14H21N3O2. The molecule has 0 aliphatic carbocycles. The van der Waals surface area contributed by atoms with Crippen molar-refractivity contribution in [1.29, 1.82) is 0 Å². The molecule has 1 fully saturated rings. The lowest BCUT2D eigenvalue weighted by atomic mass is 10.1. The van der Waals surface area contributed by atoms with Gasteiger partial charge < -0.3 is 15.4 Å². The first-order valence-corrected chi connectivity index (χ1v) is 6.62. The van der Waals surface area contributed by atoms with Gasteiger partial charge in [0.1, 0.15) is 0 Å². The van der Waals surface area contributed by atoms with Crippen LogP contribution in [0.15, 0.2) is 24.3 Å². The van der Waals surface area contributed by atoms with Gasteiger partial charge in [-0.2, -0.15) is 0 Å². The average Bonchev–Trinajstić information content (AvgIpc) is 2.42. The van der Waals surface area contributed by atoms with Crippen LogP contribution < -0.4 is 10.6 Å². The van der Waals surface area contributed by atoms with Gasteiger partial charge in [0.15, 0.2) is 0 Å². The van der Waals surface area contributed by atoms with E-state index in [-0.39, 0.29) is 5.91 Å². The first kappa shape index (κ1) is 14.0. The SMILES string of the molecule is CNCC(=O)Nc1ccccc1CN1CCOCC1. The van der Waals surface area contributed by atoms with Crippen molar-refractivity contribution in [2.24, 2.45) is 0 Å². The number of nitrogens with zero attached hydrogens (tertiary/aromatic N) is 1. The van der Waals surface area contributed by atoms with Crippen LogP contribution in [0.1, 0.15) is 5.56 Å². The van der Waals surface area contributed by atoms with Crippen LogP contribution in [-0.4, -0.2) is 50.7 Å². The van der Waals surface area contributed by atoms with Crippen molar-refractivity contribution >= 4 is 11.6 Å². The van der Waals surface area contributed by atoms with E-state index in [9.17, 15) is 4.79 Å². The molecule has 104 valence electrons. The third-order valence-electron chi connectivity index (χ3n) is 3.13. The van der Waals surface area contributed by atoms with Crippen molar-refractivity contribution in [2.75, 3.05) is 45.2 Å². The Morgan fingerprint density at radius 2 is 2.05 bits per heavy atom. The number of likely N-dealkylation sites (N-methyl/N-ethyl adjacent to an activating group) is 1. The minimum Gasteiger partial charge on any atom is -0.379 e. The number of ether oxygens (including phenoxy) is 1. The molecule has 0 saturated carbocycles. The topological polar surface area (TPSA) is 53.6 Å². The van der Waals surface area contributed by atoms with Gasteiger partial charge in [-0.15, -0.1) is 0 Å². The average molecular weight is 263 g/mol. The molecule has 5 heteroatoms.